The molecule has 176 valence electrons. The van der Waals surface area contributed by atoms with Crippen LogP contribution in [-0.4, -0.2) is 52.4 Å². The Morgan fingerprint density at radius 1 is 0.724 bits per heavy atom. The molecule has 0 heterocycles. The molecule has 0 spiro atoms. The van der Waals surface area contributed by atoms with Crippen molar-refractivity contribution in [2.24, 2.45) is 11.0 Å². The Morgan fingerprint density at radius 3 is 1.28 bits per heavy atom. The van der Waals surface area contributed by atoms with Gasteiger partial charge in [-0.15, -0.1) is 0 Å². The monoisotopic (exact) mass is 498 g/mol. The minimum atomic E-state index is -4.06. The van der Waals surface area contributed by atoms with E-state index in [9.17, 15) is 17.5 Å². The summed E-state index contributed by atoms with van der Waals surface area (Å²) in [6.45, 7) is 6.59. The Balaban J connectivity index is 3.98. The molecule has 0 aliphatic carbocycles. The topological polar surface area (TPSA) is 179 Å². The quantitative estimate of drug-likeness (QED) is 0.230. The minimum absolute atomic E-state index is 0.422. The first kappa shape index (κ1) is 29.5. The van der Waals surface area contributed by atoms with Crippen LogP contribution in [-0.2, 0) is 39.8 Å². The lowest BCUT2D eigenvalue weighted by atomic mass is 10.0. The van der Waals surface area contributed by atoms with Gasteiger partial charge in [0.15, 0.2) is 0 Å². The summed E-state index contributed by atoms with van der Waals surface area (Å²) in [5.41, 5.74) is 8.23. The summed E-state index contributed by atoms with van der Waals surface area (Å²) in [6.07, 6.45) is 2.53. The van der Waals surface area contributed by atoms with Gasteiger partial charge in [0.1, 0.15) is 0 Å². The lowest BCUT2D eigenvalue weighted by Gasteiger charge is -2.25. The summed E-state index contributed by atoms with van der Waals surface area (Å²) < 4.78 is 56.1. The van der Waals surface area contributed by atoms with Gasteiger partial charge in [0.05, 0.1) is 11.2 Å². The van der Waals surface area contributed by atoms with Crippen LogP contribution < -0.4 is 11.0 Å². The van der Waals surface area contributed by atoms with Crippen molar-refractivity contribution in [3.05, 3.63) is 0 Å². The maximum Gasteiger partial charge on any atom is 0.400 e. The molecule has 0 fully saturated rings. The molecule has 0 saturated heterocycles. The van der Waals surface area contributed by atoms with Gasteiger partial charge >= 0.3 is 15.5 Å². The van der Waals surface area contributed by atoms with Gasteiger partial charge in [0.25, 0.3) is 0 Å². The zero-order chi connectivity index (χ0) is 22.9. The molecule has 0 aliphatic heterocycles. The van der Waals surface area contributed by atoms with Gasteiger partial charge in [-0.3, -0.25) is 17.5 Å². The number of hydrogen-bond donors (Lipinski definition) is 4. The Kier molecular flexibility index (Phi) is 12.8. The first-order chi connectivity index (χ1) is 12.9. The Bertz CT molecular complexity index is 594. The van der Waals surface area contributed by atoms with Crippen molar-refractivity contribution in [1.29, 1.82) is 0 Å². The van der Waals surface area contributed by atoms with Crippen LogP contribution in [0, 0.1) is 0 Å². The van der Waals surface area contributed by atoms with E-state index in [1.807, 2.05) is 0 Å². The van der Waals surface area contributed by atoms with Gasteiger partial charge in [-0.05, 0) is 59.8 Å². The first-order valence-corrected chi connectivity index (χ1v) is 15.5. The van der Waals surface area contributed by atoms with Crippen molar-refractivity contribution in [2.45, 2.75) is 71.0 Å². The summed E-state index contributed by atoms with van der Waals surface area (Å²) in [5, 5.41) is 0. The highest BCUT2D eigenvalue weighted by Crippen LogP contribution is 2.40. The number of rotatable bonds is 16. The maximum absolute atomic E-state index is 12.0. The fourth-order valence-corrected chi connectivity index (χ4v) is 6.76. The van der Waals surface area contributed by atoms with E-state index in [1.54, 1.807) is 27.7 Å². The Labute approximate surface area is 178 Å². The van der Waals surface area contributed by atoms with Gasteiger partial charge < -0.3 is 9.79 Å². The van der Waals surface area contributed by atoms with Crippen LogP contribution >= 0.6 is 15.5 Å². The minimum Gasteiger partial charge on any atom is -0.313 e. The Hall–Kier alpha value is 0.520. The highest BCUT2D eigenvalue weighted by atomic mass is 32.2. The van der Waals surface area contributed by atoms with Crippen LogP contribution in [0.5, 0.6) is 0 Å². The van der Waals surface area contributed by atoms with E-state index in [4.69, 9.17) is 29.8 Å². The zero-order valence-corrected chi connectivity index (χ0v) is 21.0. The van der Waals surface area contributed by atoms with Gasteiger partial charge in [0, 0.05) is 44.6 Å². The van der Waals surface area contributed by atoms with Gasteiger partial charge in [-0.25, -0.2) is 20.1 Å². The van der Waals surface area contributed by atoms with E-state index in [-0.39, 0.29) is 0 Å². The summed E-state index contributed by atoms with van der Waals surface area (Å²) in [5.74, 6) is 1.70. The summed E-state index contributed by atoms with van der Waals surface area (Å²) in [6, 6.07) is 0. The molecule has 0 saturated carbocycles. The molecule has 14 heteroatoms. The average molecular weight is 499 g/mol. The summed E-state index contributed by atoms with van der Waals surface area (Å²) in [4.78, 5) is 18.1. The molecule has 10 nitrogen and oxygen atoms in total. The molecule has 0 aromatic heterocycles. The van der Waals surface area contributed by atoms with E-state index >= 15 is 0 Å². The van der Waals surface area contributed by atoms with Crippen LogP contribution in [0.1, 0.15) is 59.8 Å². The molecule has 29 heavy (non-hydrogen) atoms. The van der Waals surface area contributed by atoms with Crippen molar-refractivity contribution in [1.82, 2.24) is 0 Å². The van der Waals surface area contributed by atoms with Crippen LogP contribution in [0.4, 0.5) is 0 Å². The summed E-state index contributed by atoms with van der Waals surface area (Å²) >= 11 is 0. The standard InChI is InChI=1S/C15H36N2O8P2S2/c1-14(2,24-26(16,18)19)8-5-10-28(22)12-7-13-29(23)11-6-9-15(3,4)25-27(17,20)21/h5-13H2,1-4H3,(H3,16,18,19)(H3,17,20,21). The molecule has 4 atom stereocenters. The predicted molar refractivity (Wildman–Crippen MR) is 117 cm³/mol. The molecule has 0 rings (SSSR count). The van der Waals surface area contributed by atoms with E-state index < -0.39 is 48.3 Å². The molecule has 0 aliphatic rings. The highest BCUT2D eigenvalue weighted by molar-refractivity contribution is 7.85. The van der Waals surface area contributed by atoms with E-state index in [1.165, 1.54) is 0 Å². The van der Waals surface area contributed by atoms with Crippen LogP contribution in [0.25, 0.3) is 0 Å². The zero-order valence-electron chi connectivity index (χ0n) is 17.6. The highest BCUT2D eigenvalue weighted by Gasteiger charge is 2.28. The van der Waals surface area contributed by atoms with Crippen molar-refractivity contribution >= 4 is 37.1 Å². The van der Waals surface area contributed by atoms with Crippen molar-refractivity contribution in [2.75, 3.05) is 23.0 Å². The SMILES string of the molecule is CC(C)(CCCS(=O)CCCS(=O)CCCC(C)(C)OP(N)(=O)O)OP(N)(=O)O. The first-order valence-electron chi connectivity index (χ1n) is 9.25. The van der Waals surface area contributed by atoms with E-state index in [0.717, 1.165) is 0 Å². The molecule has 0 aromatic rings. The molecular formula is C15H36N2O8P2S2. The third-order valence-corrected chi connectivity index (χ3v) is 8.29. The van der Waals surface area contributed by atoms with Crippen LogP contribution in [0.2, 0.25) is 0 Å². The van der Waals surface area contributed by atoms with Crippen molar-refractivity contribution < 1.29 is 36.4 Å². The molecule has 0 bridgehead atoms. The van der Waals surface area contributed by atoms with Gasteiger partial charge in [-0.1, -0.05) is 0 Å². The normalized spacial score (nSPS) is 19.3. The predicted octanol–water partition coefficient (Wildman–Crippen LogP) is 2.14. The third kappa shape index (κ3) is 19.0. The lowest BCUT2D eigenvalue weighted by Crippen LogP contribution is -2.25. The molecule has 4 unspecified atom stereocenters. The molecular weight excluding hydrogens is 462 g/mol. The van der Waals surface area contributed by atoms with Crippen molar-refractivity contribution in [3.8, 4) is 0 Å². The molecule has 0 amide bonds. The summed E-state index contributed by atoms with van der Waals surface area (Å²) in [7, 11) is -10.3. The second-order valence-corrected chi connectivity index (χ2v) is 14.1. The van der Waals surface area contributed by atoms with Gasteiger partial charge in [-0.2, -0.15) is 0 Å². The molecule has 6 N–H and O–H groups in total. The average Bonchev–Trinajstić information content (AvgIpc) is 2.41. The Morgan fingerprint density at radius 2 is 1.00 bits per heavy atom. The smallest absolute Gasteiger partial charge is 0.313 e. The fraction of sp³-hybridized carbons (Fsp3) is 1.00. The van der Waals surface area contributed by atoms with E-state index in [2.05, 4.69) is 0 Å². The lowest BCUT2D eigenvalue weighted by molar-refractivity contribution is 0.0820. The number of nitrogens with two attached hydrogens (primary N) is 2. The van der Waals surface area contributed by atoms with Crippen LogP contribution in [0.3, 0.4) is 0 Å². The molecule has 0 aromatic carbocycles. The molecule has 0 radical (unpaired) electrons. The third-order valence-electron chi connectivity index (χ3n) is 3.80. The second-order valence-electron chi connectivity index (χ2n) is 8.09. The fourth-order valence-electron chi connectivity index (χ4n) is 2.70. The largest absolute Gasteiger partial charge is 0.400 e. The maximum atomic E-state index is 12.0. The second kappa shape index (κ2) is 12.5. The van der Waals surface area contributed by atoms with E-state index in [0.29, 0.717) is 55.1 Å². The van der Waals surface area contributed by atoms with Crippen molar-refractivity contribution in [3.63, 3.8) is 0 Å². The van der Waals surface area contributed by atoms with Gasteiger partial charge in [0.2, 0.25) is 0 Å². The van der Waals surface area contributed by atoms with Crippen LogP contribution in [0.15, 0.2) is 0 Å². The number of hydrogen-bond acceptors (Lipinski definition) is 6.